The van der Waals surface area contributed by atoms with E-state index in [0.717, 1.165) is 0 Å². The number of nitrogens with zero attached hydrogens (tertiary/aromatic N) is 2. The van der Waals surface area contributed by atoms with Crippen LogP contribution in [0.5, 0.6) is 0 Å². The number of carbonyl (C=O) groups excluding carboxylic acids is 1. The molecular weight excluding hydrogens is 255 g/mol. The molecule has 6 nitrogen and oxygen atoms in total. The molecule has 0 aliphatic rings. The molecule has 0 atom stereocenters. The Morgan fingerprint density at radius 1 is 1.44 bits per heavy atom. The quantitative estimate of drug-likeness (QED) is 0.642. The van der Waals surface area contributed by atoms with Gasteiger partial charge in [-0.1, -0.05) is 0 Å². The van der Waals surface area contributed by atoms with Gasteiger partial charge in [-0.05, 0) is 12.1 Å². The predicted octanol–water partition coefficient (Wildman–Crippen LogP) is 1.58. The van der Waals surface area contributed by atoms with Crippen LogP contribution in [-0.4, -0.2) is 10.8 Å². The van der Waals surface area contributed by atoms with Gasteiger partial charge in [-0.3, -0.25) is 14.9 Å². The molecule has 0 aliphatic heterocycles. The number of amides is 1. The van der Waals surface area contributed by atoms with Gasteiger partial charge in [0.2, 0.25) is 0 Å². The van der Waals surface area contributed by atoms with Gasteiger partial charge in [0.25, 0.3) is 11.6 Å². The van der Waals surface area contributed by atoms with Crippen LogP contribution in [0.3, 0.4) is 0 Å². The average Bonchev–Trinajstić information content (AvgIpc) is 2.25. The van der Waals surface area contributed by atoms with Crippen LogP contribution >= 0.6 is 0 Å². The molecule has 0 saturated carbocycles. The first kappa shape index (κ1) is 13.4. The lowest BCUT2D eigenvalue weighted by atomic mass is 10.0. The first-order chi connectivity index (χ1) is 8.18. The summed E-state index contributed by atoms with van der Waals surface area (Å²) in [6.45, 7) is 0. The zero-order valence-corrected chi connectivity index (χ0v) is 8.49. The molecule has 1 rings (SSSR count). The fourth-order valence-electron chi connectivity index (χ4n) is 1.27. The number of nitrogens with two attached hydrogens (primary N) is 1. The van der Waals surface area contributed by atoms with E-state index in [0.29, 0.717) is 6.07 Å². The van der Waals surface area contributed by atoms with Gasteiger partial charge < -0.3 is 5.73 Å². The van der Waals surface area contributed by atoms with Crippen LogP contribution in [0.1, 0.15) is 21.5 Å². The minimum absolute atomic E-state index is 0.251. The summed E-state index contributed by atoms with van der Waals surface area (Å²) in [6.07, 6.45) is -4.84. The van der Waals surface area contributed by atoms with Crippen molar-refractivity contribution in [3.63, 3.8) is 0 Å². The molecule has 0 spiro atoms. The first-order valence-electron chi connectivity index (χ1n) is 4.28. The molecule has 1 aromatic carbocycles. The number of nitriles is 1. The lowest BCUT2D eigenvalue weighted by Gasteiger charge is -2.09. The van der Waals surface area contributed by atoms with E-state index in [2.05, 4.69) is 0 Å². The zero-order valence-electron chi connectivity index (χ0n) is 8.49. The number of hydrogen-bond acceptors (Lipinski definition) is 4. The molecule has 0 saturated heterocycles. The van der Waals surface area contributed by atoms with Gasteiger partial charge >= 0.3 is 6.18 Å². The zero-order chi connectivity index (χ0) is 14.1. The number of benzene rings is 1. The average molecular weight is 259 g/mol. The molecular formula is C9H4F3N3O3. The number of nitro benzene ring substituents is 1. The predicted molar refractivity (Wildman–Crippen MR) is 51.3 cm³/mol. The van der Waals surface area contributed by atoms with E-state index in [-0.39, 0.29) is 6.07 Å². The normalized spacial score (nSPS) is 10.8. The lowest BCUT2D eigenvalue weighted by Crippen LogP contribution is -2.17. The van der Waals surface area contributed by atoms with Crippen molar-refractivity contribution in [1.82, 2.24) is 0 Å². The summed E-state index contributed by atoms with van der Waals surface area (Å²) in [5.41, 5.74) is 0.566. The summed E-state index contributed by atoms with van der Waals surface area (Å²) in [5, 5.41) is 19.2. The Labute approximate surface area is 97.6 Å². The number of hydrogen-bond donors (Lipinski definition) is 1. The van der Waals surface area contributed by atoms with Gasteiger partial charge in [0, 0.05) is 0 Å². The Balaban J connectivity index is 3.71. The number of carbonyl (C=O) groups is 1. The molecule has 94 valence electrons. The number of halogens is 3. The van der Waals surface area contributed by atoms with Crippen molar-refractivity contribution in [1.29, 1.82) is 5.26 Å². The van der Waals surface area contributed by atoms with Gasteiger partial charge in [-0.25, -0.2) is 0 Å². The van der Waals surface area contributed by atoms with Crippen molar-refractivity contribution >= 4 is 11.6 Å². The fraction of sp³-hybridized carbons (Fsp3) is 0.111. The third-order valence-corrected chi connectivity index (χ3v) is 2.01. The van der Waals surface area contributed by atoms with Crippen LogP contribution in [0.25, 0.3) is 0 Å². The second-order valence-electron chi connectivity index (χ2n) is 3.15. The van der Waals surface area contributed by atoms with Crippen LogP contribution in [-0.2, 0) is 6.18 Å². The first-order valence-corrected chi connectivity index (χ1v) is 4.28. The van der Waals surface area contributed by atoms with Gasteiger partial charge in [0.15, 0.2) is 0 Å². The molecule has 18 heavy (non-hydrogen) atoms. The summed E-state index contributed by atoms with van der Waals surface area (Å²) >= 11 is 0. The summed E-state index contributed by atoms with van der Waals surface area (Å²) in [4.78, 5) is 20.4. The molecule has 0 aliphatic carbocycles. The van der Waals surface area contributed by atoms with Crippen molar-refractivity contribution in [2.24, 2.45) is 5.73 Å². The molecule has 1 amide bonds. The number of primary amides is 1. The van der Waals surface area contributed by atoms with Crippen LogP contribution in [0.15, 0.2) is 12.1 Å². The van der Waals surface area contributed by atoms with Crippen LogP contribution in [0.2, 0.25) is 0 Å². The summed E-state index contributed by atoms with van der Waals surface area (Å²) < 4.78 is 37.3. The minimum atomic E-state index is -4.84. The van der Waals surface area contributed by atoms with E-state index in [1.165, 1.54) is 6.07 Å². The van der Waals surface area contributed by atoms with Gasteiger partial charge in [0.1, 0.15) is 17.2 Å². The highest BCUT2D eigenvalue weighted by atomic mass is 19.4. The Morgan fingerprint density at radius 2 is 2.00 bits per heavy atom. The van der Waals surface area contributed by atoms with E-state index in [1.807, 2.05) is 0 Å². The summed E-state index contributed by atoms with van der Waals surface area (Å²) in [6, 6.07) is 1.78. The number of nitro groups is 1. The maximum Gasteiger partial charge on any atom is 0.416 e. The molecule has 0 fully saturated rings. The van der Waals surface area contributed by atoms with Crippen LogP contribution in [0, 0.1) is 21.4 Å². The third kappa shape index (κ3) is 2.37. The van der Waals surface area contributed by atoms with E-state index in [4.69, 9.17) is 11.0 Å². The Morgan fingerprint density at radius 3 is 2.33 bits per heavy atom. The largest absolute Gasteiger partial charge is 0.416 e. The monoisotopic (exact) mass is 259 g/mol. The highest BCUT2D eigenvalue weighted by Gasteiger charge is 2.35. The van der Waals surface area contributed by atoms with Crippen molar-refractivity contribution in [3.8, 4) is 6.07 Å². The fourth-order valence-corrected chi connectivity index (χ4v) is 1.27. The maximum atomic E-state index is 12.4. The van der Waals surface area contributed by atoms with E-state index in [9.17, 15) is 28.1 Å². The smallest absolute Gasteiger partial charge is 0.365 e. The molecule has 0 unspecified atom stereocenters. The van der Waals surface area contributed by atoms with Crippen LogP contribution < -0.4 is 5.73 Å². The Bertz CT molecular complexity index is 575. The van der Waals surface area contributed by atoms with Crippen LogP contribution in [0.4, 0.5) is 18.9 Å². The van der Waals surface area contributed by atoms with Crippen molar-refractivity contribution < 1.29 is 22.9 Å². The highest BCUT2D eigenvalue weighted by molar-refractivity contribution is 5.98. The molecule has 9 heteroatoms. The number of alkyl halides is 3. The third-order valence-electron chi connectivity index (χ3n) is 2.01. The molecule has 0 bridgehead atoms. The van der Waals surface area contributed by atoms with E-state index < -0.39 is 39.4 Å². The van der Waals surface area contributed by atoms with E-state index >= 15 is 0 Å². The molecule has 2 N–H and O–H groups in total. The Kier molecular flexibility index (Phi) is 3.23. The van der Waals surface area contributed by atoms with Gasteiger partial charge in [-0.15, -0.1) is 0 Å². The second-order valence-corrected chi connectivity index (χ2v) is 3.15. The Hall–Kier alpha value is -2.63. The van der Waals surface area contributed by atoms with Gasteiger partial charge in [-0.2, -0.15) is 18.4 Å². The molecule has 0 radical (unpaired) electrons. The summed E-state index contributed by atoms with van der Waals surface area (Å²) in [5.74, 6) is -1.41. The van der Waals surface area contributed by atoms with Crippen molar-refractivity contribution in [2.45, 2.75) is 6.18 Å². The lowest BCUT2D eigenvalue weighted by molar-refractivity contribution is -0.385. The topological polar surface area (TPSA) is 110 Å². The number of rotatable bonds is 2. The summed E-state index contributed by atoms with van der Waals surface area (Å²) in [7, 11) is 0. The standard InChI is InChI=1S/C9H4F3N3O3/c10-9(11,12)5-1-4(3-13)7(15(17)18)6(2-5)8(14)16/h1-2H,(H2,14,16). The van der Waals surface area contributed by atoms with Gasteiger partial charge in [0.05, 0.1) is 10.5 Å². The minimum Gasteiger partial charge on any atom is -0.365 e. The molecule has 1 aromatic rings. The van der Waals surface area contributed by atoms with Crippen molar-refractivity contribution in [2.75, 3.05) is 0 Å². The molecule has 0 heterocycles. The second kappa shape index (κ2) is 4.33. The highest BCUT2D eigenvalue weighted by Crippen LogP contribution is 2.34. The van der Waals surface area contributed by atoms with E-state index in [1.54, 1.807) is 0 Å². The molecule has 0 aromatic heterocycles. The SMILES string of the molecule is N#Cc1cc(C(F)(F)F)cc(C(N)=O)c1[N+](=O)[O-]. The van der Waals surface area contributed by atoms with Crippen molar-refractivity contribution in [3.05, 3.63) is 38.9 Å². The maximum absolute atomic E-state index is 12.4.